The van der Waals surface area contributed by atoms with Gasteiger partial charge in [-0.2, -0.15) is 0 Å². The molecule has 0 spiro atoms. The zero-order chi connectivity index (χ0) is 15.1. The smallest absolute Gasteiger partial charge is 0.311 e. The number of ether oxygens (including phenoxy) is 1. The Hall–Kier alpha value is -2.23. The van der Waals surface area contributed by atoms with E-state index in [1.807, 2.05) is 25.3 Å². The Bertz CT molecular complexity index is 577. The number of carbonyl (C=O) groups excluding carboxylic acids is 1. The monoisotopic (exact) mass is 284 g/mol. The van der Waals surface area contributed by atoms with E-state index in [1.165, 1.54) is 0 Å². The topological polar surface area (TPSA) is 52.1 Å². The number of esters is 1. The van der Waals surface area contributed by atoms with Crippen molar-refractivity contribution in [1.29, 1.82) is 0 Å². The van der Waals surface area contributed by atoms with Gasteiger partial charge in [0.1, 0.15) is 5.75 Å². The fourth-order valence-electron chi connectivity index (χ4n) is 1.97. The second-order valence-corrected chi connectivity index (χ2v) is 4.89. The zero-order valence-corrected chi connectivity index (χ0v) is 12.5. The van der Waals surface area contributed by atoms with Crippen LogP contribution in [0.1, 0.15) is 38.8 Å². The molecule has 2 aromatic rings. The lowest BCUT2D eigenvalue weighted by molar-refractivity contribution is -0.134. The number of hydrogen-bond donors (Lipinski definition) is 0. The lowest BCUT2D eigenvalue weighted by Crippen LogP contribution is -2.06. The van der Waals surface area contributed by atoms with Crippen LogP contribution in [-0.4, -0.2) is 15.9 Å². The second-order valence-electron chi connectivity index (χ2n) is 4.89. The number of benzene rings is 1. The molecule has 2 rings (SSSR count). The maximum atomic E-state index is 11.4. The molecular formula is C17H20N2O2. The number of rotatable bonds is 6. The minimum atomic E-state index is -0.200. The molecule has 0 amide bonds. The average molecular weight is 284 g/mol. The number of carbonyl (C=O) groups is 1. The van der Waals surface area contributed by atoms with E-state index in [-0.39, 0.29) is 5.97 Å². The largest absolute Gasteiger partial charge is 0.427 e. The van der Waals surface area contributed by atoms with Crippen LogP contribution in [0.3, 0.4) is 0 Å². The molecule has 0 aliphatic heterocycles. The predicted octanol–water partition coefficient (Wildman–Crippen LogP) is 3.80. The van der Waals surface area contributed by atoms with Crippen LogP contribution in [0.5, 0.6) is 5.75 Å². The highest BCUT2D eigenvalue weighted by Crippen LogP contribution is 2.20. The van der Waals surface area contributed by atoms with Crippen molar-refractivity contribution in [2.45, 2.75) is 39.5 Å². The van der Waals surface area contributed by atoms with Crippen molar-refractivity contribution in [3.8, 4) is 17.0 Å². The van der Waals surface area contributed by atoms with Gasteiger partial charge in [0.05, 0.1) is 17.6 Å². The molecule has 0 saturated carbocycles. The highest BCUT2D eigenvalue weighted by molar-refractivity contribution is 5.72. The van der Waals surface area contributed by atoms with Gasteiger partial charge >= 0.3 is 5.97 Å². The Labute approximate surface area is 125 Å². The summed E-state index contributed by atoms with van der Waals surface area (Å²) in [5.41, 5.74) is 2.79. The average Bonchev–Trinajstić information content (AvgIpc) is 2.49. The fraction of sp³-hybridized carbons (Fsp3) is 0.353. The standard InChI is InChI=1S/C17H20N2O2/c1-3-5-14-11-19-16(12-18-14)13-7-9-15(10-8-13)21-17(20)6-4-2/h7-12H,3-6H2,1-2H3. The summed E-state index contributed by atoms with van der Waals surface area (Å²) in [7, 11) is 0. The molecular weight excluding hydrogens is 264 g/mol. The van der Waals surface area contributed by atoms with Crippen molar-refractivity contribution in [3.05, 3.63) is 42.4 Å². The Morgan fingerprint density at radius 3 is 2.38 bits per heavy atom. The summed E-state index contributed by atoms with van der Waals surface area (Å²) < 4.78 is 5.22. The van der Waals surface area contributed by atoms with E-state index in [1.54, 1.807) is 18.3 Å². The summed E-state index contributed by atoms with van der Waals surface area (Å²) in [6.45, 7) is 4.07. The molecule has 1 heterocycles. The molecule has 1 aromatic heterocycles. The van der Waals surface area contributed by atoms with E-state index in [0.717, 1.165) is 36.2 Å². The van der Waals surface area contributed by atoms with Crippen molar-refractivity contribution in [3.63, 3.8) is 0 Å². The third-order valence-electron chi connectivity index (χ3n) is 3.05. The van der Waals surface area contributed by atoms with Crippen molar-refractivity contribution in [1.82, 2.24) is 9.97 Å². The molecule has 1 aromatic carbocycles. The van der Waals surface area contributed by atoms with E-state index < -0.39 is 0 Å². The van der Waals surface area contributed by atoms with Crippen LogP contribution < -0.4 is 4.74 Å². The van der Waals surface area contributed by atoms with Crippen molar-refractivity contribution >= 4 is 5.97 Å². The molecule has 0 unspecified atom stereocenters. The van der Waals surface area contributed by atoms with Gasteiger partial charge in [0.15, 0.2) is 0 Å². The first-order valence-corrected chi connectivity index (χ1v) is 7.35. The van der Waals surface area contributed by atoms with Gasteiger partial charge in [-0.15, -0.1) is 0 Å². The molecule has 0 bridgehead atoms. The minimum Gasteiger partial charge on any atom is -0.427 e. The number of aromatic nitrogens is 2. The lowest BCUT2D eigenvalue weighted by Gasteiger charge is -2.05. The molecule has 0 aliphatic rings. The van der Waals surface area contributed by atoms with Gasteiger partial charge < -0.3 is 4.74 Å². The minimum absolute atomic E-state index is 0.200. The SMILES string of the molecule is CCCC(=O)Oc1ccc(-c2cnc(CCC)cn2)cc1. The van der Waals surface area contributed by atoms with Crippen LogP contribution in [0.2, 0.25) is 0 Å². The van der Waals surface area contributed by atoms with E-state index >= 15 is 0 Å². The quantitative estimate of drug-likeness (QED) is 0.598. The first kappa shape index (κ1) is 15.2. The van der Waals surface area contributed by atoms with Crippen LogP contribution >= 0.6 is 0 Å². The Kier molecular flexibility index (Phi) is 5.43. The zero-order valence-electron chi connectivity index (χ0n) is 12.5. The summed E-state index contributed by atoms with van der Waals surface area (Å²) in [6, 6.07) is 7.34. The van der Waals surface area contributed by atoms with Crippen LogP contribution in [0.4, 0.5) is 0 Å². The number of nitrogens with zero attached hydrogens (tertiary/aromatic N) is 2. The number of aryl methyl sites for hydroxylation is 1. The third kappa shape index (κ3) is 4.38. The van der Waals surface area contributed by atoms with Crippen molar-refractivity contribution < 1.29 is 9.53 Å². The summed E-state index contributed by atoms with van der Waals surface area (Å²) in [4.78, 5) is 20.2. The highest BCUT2D eigenvalue weighted by Gasteiger charge is 2.05. The molecule has 0 fully saturated rings. The first-order chi connectivity index (χ1) is 10.2. The molecule has 0 saturated heterocycles. The van der Waals surface area contributed by atoms with Crippen LogP contribution in [0, 0.1) is 0 Å². The Balaban J connectivity index is 2.06. The van der Waals surface area contributed by atoms with Gasteiger partial charge in [-0.1, -0.05) is 20.3 Å². The highest BCUT2D eigenvalue weighted by atomic mass is 16.5. The van der Waals surface area contributed by atoms with E-state index in [4.69, 9.17) is 4.74 Å². The van der Waals surface area contributed by atoms with E-state index in [9.17, 15) is 4.79 Å². The second kappa shape index (κ2) is 7.53. The van der Waals surface area contributed by atoms with Gasteiger partial charge in [-0.05, 0) is 37.1 Å². The van der Waals surface area contributed by atoms with Gasteiger partial charge in [0.25, 0.3) is 0 Å². The molecule has 110 valence electrons. The third-order valence-corrected chi connectivity index (χ3v) is 3.05. The summed E-state index contributed by atoms with van der Waals surface area (Å²) in [5.74, 6) is 0.363. The fourth-order valence-corrected chi connectivity index (χ4v) is 1.97. The molecule has 4 nitrogen and oxygen atoms in total. The summed E-state index contributed by atoms with van der Waals surface area (Å²) in [6.07, 6.45) is 6.82. The first-order valence-electron chi connectivity index (χ1n) is 7.35. The lowest BCUT2D eigenvalue weighted by atomic mass is 10.1. The molecule has 0 aliphatic carbocycles. The number of hydrogen-bond acceptors (Lipinski definition) is 4. The molecule has 4 heteroatoms. The summed E-state index contributed by atoms with van der Waals surface area (Å²) in [5, 5.41) is 0. The van der Waals surface area contributed by atoms with Crippen LogP contribution in [0.15, 0.2) is 36.7 Å². The van der Waals surface area contributed by atoms with Crippen LogP contribution in [0.25, 0.3) is 11.3 Å². The van der Waals surface area contributed by atoms with Gasteiger partial charge in [-0.3, -0.25) is 14.8 Å². The van der Waals surface area contributed by atoms with E-state index in [2.05, 4.69) is 16.9 Å². The van der Waals surface area contributed by atoms with Crippen LogP contribution in [-0.2, 0) is 11.2 Å². The van der Waals surface area contributed by atoms with Crippen molar-refractivity contribution in [2.75, 3.05) is 0 Å². The molecule has 0 radical (unpaired) electrons. The van der Waals surface area contributed by atoms with E-state index in [0.29, 0.717) is 12.2 Å². The maximum absolute atomic E-state index is 11.4. The summed E-state index contributed by atoms with van der Waals surface area (Å²) >= 11 is 0. The van der Waals surface area contributed by atoms with Gasteiger partial charge in [0, 0.05) is 18.2 Å². The Morgan fingerprint density at radius 1 is 1.05 bits per heavy atom. The van der Waals surface area contributed by atoms with Crippen molar-refractivity contribution in [2.24, 2.45) is 0 Å². The molecule has 0 atom stereocenters. The maximum Gasteiger partial charge on any atom is 0.311 e. The molecule has 0 N–H and O–H groups in total. The van der Waals surface area contributed by atoms with Gasteiger partial charge in [0.2, 0.25) is 0 Å². The molecule has 21 heavy (non-hydrogen) atoms. The van der Waals surface area contributed by atoms with Gasteiger partial charge in [-0.25, -0.2) is 0 Å². The predicted molar refractivity (Wildman–Crippen MR) is 82.0 cm³/mol. The normalized spacial score (nSPS) is 10.4. The Morgan fingerprint density at radius 2 is 1.81 bits per heavy atom.